The first kappa shape index (κ1) is 21.0. The highest BCUT2D eigenvalue weighted by Crippen LogP contribution is 2.30. The van der Waals surface area contributed by atoms with E-state index in [4.69, 9.17) is 4.74 Å². The second-order valence-corrected chi connectivity index (χ2v) is 8.19. The lowest BCUT2D eigenvalue weighted by Gasteiger charge is -2.34. The molecule has 1 aliphatic heterocycles. The zero-order valence-electron chi connectivity index (χ0n) is 15.6. The molecule has 0 saturated carbocycles. The Bertz CT molecular complexity index is 962. The summed E-state index contributed by atoms with van der Waals surface area (Å²) < 4.78 is 60.9. The van der Waals surface area contributed by atoms with E-state index in [1.54, 1.807) is 18.2 Å². The highest BCUT2D eigenvalue weighted by atomic mass is 32.2. The molecule has 1 heterocycles. The Kier molecular flexibility index (Phi) is 6.33. The van der Waals surface area contributed by atoms with Gasteiger partial charge in [0.2, 0.25) is 10.0 Å². The van der Waals surface area contributed by atoms with E-state index in [0.717, 1.165) is 0 Å². The Morgan fingerprint density at radius 2 is 1.66 bits per heavy atom. The first-order valence-corrected chi connectivity index (χ1v) is 10.2. The zero-order valence-corrected chi connectivity index (χ0v) is 16.4. The topological polar surface area (TPSA) is 76.2 Å². The second-order valence-electron chi connectivity index (χ2n) is 6.25. The summed E-state index contributed by atoms with van der Waals surface area (Å²) >= 11 is 0. The molecule has 1 amide bonds. The number of hydrogen-bond donors (Lipinski definition) is 0. The maximum Gasteiger partial charge on any atom is 0.387 e. The number of halogens is 2. The molecular formula is C19H20F2N2O5S. The molecule has 7 nitrogen and oxygen atoms in total. The van der Waals surface area contributed by atoms with Crippen molar-refractivity contribution >= 4 is 15.9 Å². The van der Waals surface area contributed by atoms with E-state index in [-0.39, 0.29) is 54.0 Å². The van der Waals surface area contributed by atoms with Crippen LogP contribution in [0.4, 0.5) is 8.78 Å². The lowest BCUT2D eigenvalue weighted by Crippen LogP contribution is -2.50. The Balaban J connectivity index is 1.69. The van der Waals surface area contributed by atoms with Crippen molar-refractivity contribution < 1.29 is 31.5 Å². The molecule has 0 radical (unpaired) electrons. The van der Waals surface area contributed by atoms with Crippen LogP contribution in [0, 0.1) is 0 Å². The predicted octanol–water partition coefficient (Wildman–Crippen LogP) is 2.44. The maximum absolute atomic E-state index is 12.7. The smallest absolute Gasteiger partial charge is 0.387 e. The van der Waals surface area contributed by atoms with Gasteiger partial charge in [-0.05, 0) is 30.3 Å². The first-order chi connectivity index (χ1) is 13.8. The van der Waals surface area contributed by atoms with Gasteiger partial charge in [0.15, 0.2) is 11.5 Å². The third-order valence-electron chi connectivity index (χ3n) is 4.53. The summed E-state index contributed by atoms with van der Waals surface area (Å²) in [5, 5.41) is 0. The highest BCUT2D eigenvalue weighted by molar-refractivity contribution is 7.89. The molecule has 0 aromatic heterocycles. The van der Waals surface area contributed by atoms with Crippen molar-refractivity contribution in [1.82, 2.24) is 9.21 Å². The summed E-state index contributed by atoms with van der Waals surface area (Å²) in [4.78, 5) is 14.5. The van der Waals surface area contributed by atoms with Gasteiger partial charge in [-0.3, -0.25) is 4.79 Å². The predicted molar refractivity (Wildman–Crippen MR) is 101 cm³/mol. The minimum absolute atomic E-state index is 0.0152. The van der Waals surface area contributed by atoms with Gasteiger partial charge in [-0.25, -0.2) is 8.42 Å². The number of sulfonamides is 1. The van der Waals surface area contributed by atoms with Gasteiger partial charge in [0, 0.05) is 31.7 Å². The van der Waals surface area contributed by atoms with Gasteiger partial charge in [0.25, 0.3) is 5.91 Å². The molecule has 10 heteroatoms. The van der Waals surface area contributed by atoms with Gasteiger partial charge in [0.1, 0.15) is 0 Å². The quantitative estimate of drug-likeness (QED) is 0.709. The third-order valence-corrected chi connectivity index (χ3v) is 6.45. The SMILES string of the molecule is COc1cc(C(=O)N2CCN(S(=O)(=O)c3ccccc3)CC2)ccc1OC(F)F. The van der Waals surface area contributed by atoms with Gasteiger partial charge in [0.05, 0.1) is 12.0 Å². The number of hydrogen-bond acceptors (Lipinski definition) is 5. The normalized spacial score (nSPS) is 15.4. The molecule has 29 heavy (non-hydrogen) atoms. The largest absolute Gasteiger partial charge is 0.493 e. The lowest BCUT2D eigenvalue weighted by molar-refractivity contribution is -0.0512. The minimum Gasteiger partial charge on any atom is -0.493 e. The molecule has 0 aliphatic carbocycles. The van der Waals surface area contributed by atoms with Crippen molar-refractivity contribution in [3.8, 4) is 11.5 Å². The standard InChI is InChI=1S/C19H20F2N2O5S/c1-27-17-13-14(7-8-16(17)28-19(20)21)18(24)22-9-11-23(12-10-22)29(25,26)15-5-3-2-4-6-15/h2-8,13,19H,9-12H2,1H3. The van der Waals surface area contributed by atoms with E-state index in [1.165, 1.54) is 46.6 Å². The van der Waals surface area contributed by atoms with E-state index >= 15 is 0 Å². The Labute approximate surface area is 167 Å². The van der Waals surface area contributed by atoms with Crippen LogP contribution >= 0.6 is 0 Å². The number of piperazine rings is 1. The molecule has 1 saturated heterocycles. The van der Waals surface area contributed by atoms with Crippen LogP contribution in [0.1, 0.15) is 10.4 Å². The first-order valence-electron chi connectivity index (χ1n) is 8.80. The number of benzene rings is 2. The van der Waals surface area contributed by atoms with Crippen LogP contribution in [0.2, 0.25) is 0 Å². The number of alkyl halides is 2. The average Bonchev–Trinajstić information content (AvgIpc) is 2.74. The second kappa shape index (κ2) is 8.75. The molecule has 156 valence electrons. The molecule has 2 aromatic carbocycles. The minimum atomic E-state index is -3.62. The van der Waals surface area contributed by atoms with E-state index < -0.39 is 16.6 Å². The van der Waals surface area contributed by atoms with Crippen molar-refractivity contribution in [2.75, 3.05) is 33.3 Å². The van der Waals surface area contributed by atoms with Crippen LogP contribution in [0.15, 0.2) is 53.4 Å². The maximum atomic E-state index is 12.7. The Hall–Kier alpha value is -2.72. The molecule has 1 aliphatic rings. The molecule has 1 fully saturated rings. The number of amides is 1. The van der Waals surface area contributed by atoms with E-state index in [1.807, 2.05) is 0 Å². The number of ether oxygens (including phenoxy) is 2. The van der Waals surface area contributed by atoms with Crippen molar-refractivity contribution in [3.63, 3.8) is 0 Å². The van der Waals surface area contributed by atoms with Crippen LogP contribution in [0.25, 0.3) is 0 Å². The number of nitrogens with zero attached hydrogens (tertiary/aromatic N) is 2. The summed E-state index contributed by atoms with van der Waals surface area (Å²) in [6.07, 6.45) is 0. The summed E-state index contributed by atoms with van der Waals surface area (Å²) in [5.74, 6) is -0.497. The van der Waals surface area contributed by atoms with Gasteiger partial charge in [-0.2, -0.15) is 13.1 Å². The van der Waals surface area contributed by atoms with Crippen molar-refractivity contribution in [3.05, 3.63) is 54.1 Å². The average molecular weight is 426 g/mol. The fourth-order valence-electron chi connectivity index (χ4n) is 3.05. The van der Waals surface area contributed by atoms with E-state index in [2.05, 4.69) is 4.74 Å². The number of carbonyl (C=O) groups excluding carboxylic acids is 1. The van der Waals surface area contributed by atoms with Crippen LogP contribution in [0.5, 0.6) is 11.5 Å². The van der Waals surface area contributed by atoms with Crippen LogP contribution in [0.3, 0.4) is 0 Å². The molecular weight excluding hydrogens is 406 g/mol. The fourth-order valence-corrected chi connectivity index (χ4v) is 4.49. The third kappa shape index (κ3) is 4.65. The molecule has 2 aromatic rings. The van der Waals surface area contributed by atoms with E-state index in [9.17, 15) is 22.0 Å². The summed E-state index contributed by atoms with van der Waals surface area (Å²) in [5.41, 5.74) is 0.239. The van der Waals surface area contributed by atoms with Gasteiger partial charge in [-0.15, -0.1) is 0 Å². The van der Waals surface area contributed by atoms with Crippen molar-refractivity contribution in [1.29, 1.82) is 0 Å². The monoisotopic (exact) mass is 426 g/mol. The lowest BCUT2D eigenvalue weighted by atomic mass is 10.1. The van der Waals surface area contributed by atoms with Crippen LogP contribution < -0.4 is 9.47 Å². The summed E-state index contributed by atoms with van der Waals surface area (Å²) in [6, 6.07) is 12.0. The highest BCUT2D eigenvalue weighted by Gasteiger charge is 2.30. The van der Waals surface area contributed by atoms with Crippen LogP contribution in [-0.2, 0) is 10.0 Å². The van der Waals surface area contributed by atoms with Gasteiger partial charge in [-0.1, -0.05) is 18.2 Å². The molecule has 0 atom stereocenters. The van der Waals surface area contributed by atoms with Crippen molar-refractivity contribution in [2.24, 2.45) is 0 Å². The Morgan fingerprint density at radius 3 is 2.24 bits per heavy atom. The molecule has 3 rings (SSSR count). The van der Waals surface area contributed by atoms with Gasteiger partial charge >= 0.3 is 6.61 Å². The number of methoxy groups -OCH3 is 1. The fraction of sp³-hybridized carbons (Fsp3) is 0.316. The molecule has 0 unspecified atom stereocenters. The summed E-state index contributed by atoms with van der Waals surface area (Å²) in [7, 11) is -2.33. The molecule has 0 N–H and O–H groups in total. The Morgan fingerprint density at radius 1 is 1.00 bits per heavy atom. The molecule has 0 bridgehead atoms. The van der Waals surface area contributed by atoms with Gasteiger partial charge < -0.3 is 14.4 Å². The number of carbonyl (C=O) groups is 1. The van der Waals surface area contributed by atoms with E-state index in [0.29, 0.717) is 0 Å². The zero-order chi connectivity index (χ0) is 21.0. The number of rotatable bonds is 6. The molecule has 0 spiro atoms. The van der Waals surface area contributed by atoms with Crippen LogP contribution in [-0.4, -0.2) is 63.4 Å². The van der Waals surface area contributed by atoms with Crippen molar-refractivity contribution in [2.45, 2.75) is 11.5 Å². The summed E-state index contributed by atoms with van der Waals surface area (Å²) in [6.45, 7) is -2.27.